The molecule has 1 aromatic heterocycles. The van der Waals surface area contributed by atoms with Gasteiger partial charge in [-0.2, -0.15) is 0 Å². The zero-order chi connectivity index (χ0) is 16.9. The summed E-state index contributed by atoms with van der Waals surface area (Å²) in [6, 6.07) is 9.71. The number of carbonyl (C=O) groups is 1. The summed E-state index contributed by atoms with van der Waals surface area (Å²) in [5.41, 5.74) is 1.23. The van der Waals surface area contributed by atoms with Gasteiger partial charge in [-0.05, 0) is 29.8 Å². The first-order valence-electron chi connectivity index (χ1n) is 7.18. The van der Waals surface area contributed by atoms with Crippen molar-refractivity contribution in [1.29, 1.82) is 0 Å². The third-order valence-electron chi connectivity index (χ3n) is 3.21. The number of sulfonamides is 1. The van der Waals surface area contributed by atoms with Crippen LogP contribution >= 0.6 is 0 Å². The Kier molecular flexibility index (Phi) is 5.46. The van der Waals surface area contributed by atoms with Crippen molar-refractivity contribution in [2.45, 2.75) is 18.4 Å². The van der Waals surface area contributed by atoms with Gasteiger partial charge >= 0.3 is 0 Å². The molecule has 0 fully saturated rings. The van der Waals surface area contributed by atoms with Crippen LogP contribution in [0.5, 0.6) is 0 Å². The molecule has 122 valence electrons. The van der Waals surface area contributed by atoms with Gasteiger partial charge in [0.25, 0.3) is 5.91 Å². The molecular weight excluding hydrogens is 314 g/mol. The number of pyridine rings is 1. The van der Waals surface area contributed by atoms with E-state index in [0.29, 0.717) is 18.7 Å². The van der Waals surface area contributed by atoms with Gasteiger partial charge in [0, 0.05) is 38.1 Å². The Morgan fingerprint density at radius 3 is 2.70 bits per heavy atom. The molecule has 1 aromatic carbocycles. The predicted molar refractivity (Wildman–Crippen MR) is 87.3 cm³/mol. The number of nitrogens with one attached hydrogen (secondary N) is 1. The molecule has 0 unspecified atom stereocenters. The number of hydrogen-bond acceptors (Lipinski definition) is 4. The maximum atomic E-state index is 12.5. The molecule has 1 amide bonds. The number of aromatic nitrogens is 1. The second kappa shape index (κ2) is 7.34. The number of carbonyl (C=O) groups excluding carboxylic acids is 1. The van der Waals surface area contributed by atoms with Crippen molar-refractivity contribution in [1.82, 2.24) is 14.6 Å². The van der Waals surface area contributed by atoms with E-state index in [-0.39, 0.29) is 10.8 Å². The molecule has 23 heavy (non-hydrogen) atoms. The molecule has 1 heterocycles. The fourth-order valence-electron chi connectivity index (χ4n) is 2.13. The van der Waals surface area contributed by atoms with Gasteiger partial charge in [0.1, 0.15) is 0 Å². The third-order valence-corrected chi connectivity index (χ3v) is 4.76. The van der Waals surface area contributed by atoms with Crippen LogP contribution in [0.15, 0.2) is 53.7 Å². The van der Waals surface area contributed by atoms with E-state index in [9.17, 15) is 13.2 Å². The first-order valence-corrected chi connectivity index (χ1v) is 8.66. The van der Waals surface area contributed by atoms with Crippen LogP contribution in [0, 0.1) is 0 Å². The van der Waals surface area contributed by atoms with E-state index in [1.165, 1.54) is 17.0 Å². The van der Waals surface area contributed by atoms with E-state index < -0.39 is 10.0 Å². The minimum absolute atomic E-state index is 0.0833. The first kappa shape index (κ1) is 17.1. The second-order valence-corrected chi connectivity index (χ2v) is 6.82. The molecule has 0 aliphatic heterocycles. The quantitative estimate of drug-likeness (QED) is 0.872. The summed E-state index contributed by atoms with van der Waals surface area (Å²) < 4.78 is 26.5. The van der Waals surface area contributed by atoms with Crippen molar-refractivity contribution in [3.05, 3.63) is 59.9 Å². The topological polar surface area (TPSA) is 79.4 Å². The van der Waals surface area contributed by atoms with Crippen molar-refractivity contribution in [2.24, 2.45) is 0 Å². The van der Waals surface area contributed by atoms with E-state index in [2.05, 4.69) is 9.71 Å². The lowest BCUT2D eigenvalue weighted by Gasteiger charge is -2.17. The fourth-order valence-corrected chi connectivity index (χ4v) is 3.21. The number of hydrogen-bond donors (Lipinski definition) is 1. The summed E-state index contributed by atoms with van der Waals surface area (Å²) >= 11 is 0. The summed E-state index contributed by atoms with van der Waals surface area (Å²) in [7, 11) is -1.91. The van der Waals surface area contributed by atoms with Crippen LogP contribution in [0.25, 0.3) is 0 Å². The van der Waals surface area contributed by atoms with Crippen LogP contribution in [0.4, 0.5) is 0 Å². The molecule has 0 bridgehead atoms. The van der Waals surface area contributed by atoms with Crippen LogP contribution in [0.3, 0.4) is 0 Å². The van der Waals surface area contributed by atoms with Crippen LogP contribution in [-0.4, -0.2) is 37.8 Å². The average molecular weight is 333 g/mol. The Labute approximate surface area is 136 Å². The Balaban J connectivity index is 2.19. The molecule has 0 aliphatic rings. The standard InChI is InChI=1S/C16H19N3O3S/c1-3-18-23(21,22)15-8-4-7-14(10-15)16(20)19(2)12-13-6-5-9-17-11-13/h4-11,18H,3,12H2,1-2H3. The minimum Gasteiger partial charge on any atom is -0.337 e. The molecule has 0 atom stereocenters. The molecule has 2 rings (SSSR count). The summed E-state index contributed by atoms with van der Waals surface area (Å²) in [4.78, 5) is 18.1. The fraction of sp³-hybridized carbons (Fsp3) is 0.250. The van der Waals surface area contributed by atoms with E-state index in [1.807, 2.05) is 6.07 Å². The molecule has 6 nitrogen and oxygen atoms in total. The third kappa shape index (κ3) is 4.37. The molecule has 1 N–H and O–H groups in total. The summed E-state index contributed by atoms with van der Waals surface area (Å²) in [5.74, 6) is -0.248. The monoisotopic (exact) mass is 333 g/mol. The lowest BCUT2D eigenvalue weighted by molar-refractivity contribution is 0.0784. The zero-order valence-corrected chi connectivity index (χ0v) is 13.9. The molecule has 0 saturated heterocycles. The minimum atomic E-state index is -3.58. The van der Waals surface area contributed by atoms with Gasteiger partial charge in [-0.3, -0.25) is 9.78 Å². The largest absolute Gasteiger partial charge is 0.337 e. The molecular formula is C16H19N3O3S. The highest BCUT2D eigenvalue weighted by Crippen LogP contribution is 2.14. The van der Waals surface area contributed by atoms with Crippen LogP contribution in [-0.2, 0) is 16.6 Å². The van der Waals surface area contributed by atoms with Gasteiger partial charge in [-0.1, -0.05) is 19.1 Å². The second-order valence-electron chi connectivity index (χ2n) is 5.05. The first-order chi connectivity index (χ1) is 10.9. The van der Waals surface area contributed by atoms with E-state index >= 15 is 0 Å². The molecule has 0 spiro atoms. The number of nitrogens with zero attached hydrogens (tertiary/aromatic N) is 2. The smallest absolute Gasteiger partial charge is 0.253 e. The predicted octanol–water partition coefficient (Wildman–Crippen LogP) is 1.65. The highest BCUT2D eigenvalue weighted by Gasteiger charge is 2.17. The van der Waals surface area contributed by atoms with Gasteiger partial charge in [-0.25, -0.2) is 13.1 Å². The van der Waals surface area contributed by atoms with Crippen molar-refractivity contribution < 1.29 is 13.2 Å². The van der Waals surface area contributed by atoms with Crippen molar-refractivity contribution >= 4 is 15.9 Å². The molecule has 2 aromatic rings. The highest BCUT2D eigenvalue weighted by atomic mass is 32.2. The Morgan fingerprint density at radius 2 is 2.04 bits per heavy atom. The number of rotatable bonds is 6. The van der Waals surface area contributed by atoms with Gasteiger partial charge in [0.15, 0.2) is 0 Å². The highest BCUT2D eigenvalue weighted by molar-refractivity contribution is 7.89. The summed E-state index contributed by atoms with van der Waals surface area (Å²) in [6.07, 6.45) is 3.36. The summed E-state index contributed by atoms with van der Waals surface area (Å²) in [5, 5.41) is 0. The SMILES string of the molecule is CCNS(=O)(=O)c1cccc(C(=O)N(C)Cc2cccnc2)c1. The van der Waals surface area contributed by atoms with Crippen molar-refractivity contribution in [2.75, 3.05) is 13.6 Å². The lowest BCUT2D eigenvalue weighted by Crippen LogP contribution is -2.27. The maximum absolute atomic E-state index is 12.5. The van der Waals surface area contributed by atoms with Crippen molar-refractivity contribution in [3.63, 3.8) is 0 Å². The van der Waals surface area contributed by atoms with Gasteiger partial charge in [0.2, 0.25) is 10.0 Å². The van der Waals surface area contributed by atoms with Crippen LogP contribution in [0.1, 0.15) is 22.8 Å². The van der Waals surface area contributed by atoms with E-state index in [1.54, 1.807) is 44.6 Å². The Hall–Kier alpha value is -2.25. The van der Waals surface area contributed by atoms with E-state index in [4.69, 9.17) is 0 Å². The molecule has 0 radical (unpaired) electrons. The van der Waals surface area contributed by atoms with Gasteiger partial charge in [-0.15, -0.1) is 0 Å². The van der Waals surface area contributed by atoms with Gasteiger partial charge < -0.3 is 4.90 Å². The number of amides is 1. The zero-order valence-electron chi connectivity index (χ0n) is 13.1. The van der Waals surface area contributed by atoms with Crippen molar-refractivity contribution in [3.8, 4) is 0 Å². The van der Waals surface area contributed by atoms with Gasteiger partial charge in [0.05, 0.1) is 4.90 Å². The number of benzene rings is 1. The molecule has 0 aliphatic carbocycles. The Bertz CT molecular complexity index is 776. The summed E-state index contributed by atoms with van der Waals surface area (Å²) in [6.45, 7) is 2.40. The lowest BCUT2D eigenvalue weighted by atomic mass is 10.2. The normalized spacial score (nSPS) is 11.2. The average Bonchev–Trinajstić information content (AvgIpc) is 2.55. The van der Waals surface area contributed by atoms with Crippen LogP contribution < -0.4 is 4.72 Å². The van der Waals surface area contributed by atoms with E-state index in [0.717, 1.165) is 5.56 Å². The molecule has 0 saturated carbocycles. The maximum Gasteiger partial charge on any atom is 0.253 e. The van der Waals surface area contributed by atoms with Crippen LogP contribution in [0.2, 0.25) is 0 Å². The Morgan fingerprint density at radius 1 is 1.26 bits per heavy atom. The molecule has 7 heteroatoms.